The van der Waals surface area contributed by atoms with E-state index in [0.29, 0.717) is 11.1 Å². The van der Waals surface area contributed by atoms with Crippen molar-refractivity contribution < 1.29 is 19.1 Å². The van der Waals surface area contributed by atoms with E-state index < -0.39 is 29.7 Å². The molecule has 0 bridgehead atoms. The van der Waals surface area contributed by atoms with Crippen molar-refractivity contribution in [3.05, 3.63) is 35.4 Å². The topological polar surface area (TPSA) is 87.7 Å². The monoisotopic (exact) mass is 429 g/mol. The number of nitrogens with one attached hydrogen (secondary N) is 2. The second-order valence-electron chi connectivity index (χ2n) is 9.04. The molecular formula is C24H35N3O4. The van der Waals surface area contributed by atoms with E-state index in [1.165, 1.54) is 4.90 Å². The summed E-state index contributed by atoms with van der Waals surface area (Å²) in [5.41, 5.74) is 0.612. The van der Waals surface area contributed by atoms with Gasteiger partial charge in [-0.1, -0.05) is 18.1 Å². The summed E-state index contributed by atoms with van der Waals surface area (Å²) in [6, 6.07) is 4.75. The minimum Gasteiger partial charge on any atom is -0.444 e. The fourth-order valence-electron chi connectivity index (χ4n) is 3.01. The zero-order valence-corrected chi connectivity index (χ0v) is 19.8. The van der Waals surface area contributed by atoms with Crippen LogP contribution in [0.25, 0.3) is 0 Å². The lowest BCUT2D eigenvalue weighted by molar-refractivity contribution is -0.144. The van der Waals surface area contributed by atoms with E-state index in [2.05, 4.69) is 16.6 Å². The van der Waals surface area contributed by atoms with Crippen molar-refractivity contribution in [2.45, 2.75) is 85.2 Å². The van der Waals surface area contributed by atoms with Crippen molar-refractivity contribution in [2.24, 2.45) is 0 Å². The lowest BCUT2D eigenvalue weighted by atomic mass is 10.00. The third kappa shape index (κ3) is 7.97. The van der Waals surface area contributed by atoms with E-state index in [1.54, 1.807) is 52.0 Å². The number of hydrogen-bond acceptors (Lipinski definition) is 4. The van der Waals surface area contributed by atoms with E-state index >= 15 is 0 Å². The van der Waals surface area contributed by atoms with Crippen LogP contribution >= 0.6 is 0 Å². The molecule has 3 amide bonds. The molecular weight excluding hydrogens is 394 g/mol. The number of carbonyl (C=O) groups excluding carboxylic acids is 3. The standard InChI is InChI=1S/C24H35N3O4/c1-10-18-11-13-19(14-12-18)20(21(28)25-15(2)3)27(16(4)5)22(29)17(6)26-23(30)31-24(7,8)9/h1,11-17,20H,2-9H3,(H,25,28)(H,26,30). The van der Waals surface area contributed by atoms with Crippen molar-refractivity contribution in [3.8, 4) is 12.3 Å². The lowest BCUT2D eigenvalue weighted by Crippen LogP contribution is -2.54. The van der Waals surface area contributed by atoms with E-state index in [9.17, 15) is 14.4 Å². The van der Waals surface area contributed by atoms with Crippen molar-refractivity contribution in [1.29, 1.82) is 0 Å². The molecule has 2 atom stereocenters. The van der Waals surface area contributed by atoms with Crippen LogP contribution in [-0.4, -0.2) is 46.5 Å². The molecule has 0 heterocycles. The molecule has 170 valence electrons. The third-order valence-corrected chi connectivity index (χ3v) is 4.27. The maximum atomic E-state index is 13.4. The first kappa shape index (κ1) is 26.0. The van der Waals surface area contributed by atoms with E-state index in [-0.39, 0.29) is 18.0 Å². The van der Waals surface area contributed by atoms with Gasteiger partial charge in [0, 0.05) is 17.6 Å². The van der Waals surface area contributed by atoms with Crippen LogP contribution in [0, 0.1) is 12.3 Å². The van der Waals surface area contributed by atoms with Crippen molar-refractivity contribution in [3.63, 3.8) is 0 Å². The molecule has 0 aliphatic rings. The highest BCUT2D eigenvalue weighted by molar-refractivity contribution is 5.92. The SMILES string of the molecule is C#Cc1ccc(C(C(=O)NC(C)C)N(C(=O)C(C)NC(=O)OC(C)(C)C)C(C)C)cc1. The van der Waals surface area contributed by atoms with Gasteiger partial charge in [-0.3, -0.25) is 9.59 Å². The number of rotatable bonds is 7. The Balaban J connectivity index is 3.28. The van der Waals surface area contributed by atoms with Gasteiger partial charge >= 0.3 is 6.09 Å². The molecule has 0 saturated carbocycles. The molecule has 1 aromatic rings. The largest absolute Gasteiger partial charge is 0.444 e. The van der Waals surface area contributed by atoms with Crippen LogP contribution in [0.4, 0.5) is 4.79 Å². The average Bonchev–Trinajstić information content (AvgIpc) is 2.63. The predicted molar refractivity (Wildman–Crippen MR) is 121 cm³/mol. The number of benzene rings is 1. The van der Waals surface area contributed by atoms with Crippen molar-refractivity contribution in [2.75, 3.05) is 0 Å². The van der Waals surface area contributed by atoms with Gasteiger partial charge in [0.05, 0.1) is 0 Å². The molecule has 0 aromatic heterocycles. The van der Waals surface area contributed by atoms with E-state index in [4.69, 9.17) is 11.2 Å². The van der Waals surface area contributed by atoms with Gasteiger partial charge in [-0.2, -0.15) is 0 Å². The fourth-order valence-corrected chi connectivity index (χ4v) is 3.01. The summed E-state index contributed by atoms with van der Waals surface area (Å²) >= 11 is 0. The number of hydrogen-bond donors (Lipinski definition) is 2. The van der Waals surface area contributed by atoms with Crippen molar-refractivity contribution in [1.82, 2.24) is 15.5 Å². The van der Waals surface area contributed by atoms with Gasteiger partial charge in [0.15, 0.2) is 0 Å². The maximum Gasteiger partial charge on any atom is 0.408 e. The number of ether oxygens (including phenoxy) is 1. The highest BCUT2D eigenvalue weighted by atomic mass is 16.6. The molecule has 7 nitrogen and oxygen atoms in total. The van der Waals surface area contributed by atoms with Gasteiger partial charge in [-0.05, 0) is 73.1 Å². The molecule has 1 aromatic carbocycles. The molecule has 0 radical (unpaired) electrons. The molecule has 2 N–H and O–H groups in total. The van der Waals surface area contributed by atoms with Gasteiger partial charge in [0.25, 0.3) is 0 Å². The van der Waals surface area contributed by atoms with Crippen LogP contribution < -0.4 is 10.6 Å². The second kappa shape index (κ2) is 10.9. The molecule has 0 aliphatic heterocycles. The summed E-state index contributed by atoms with van der Waals surface area (Å²) in [6.07, 6.45) is 4.75. The Hall–Kier alpha value is -3.01. The second-order valence-corrected chi connectivity index (χ2v) is 9.04. The fraction of sp³-hybridized carbons (Fsp3) is 0.542. The average molecular weight is 430 g/mol. The molecule has 2 unspecified atom stereocenters. The number of nitrogens with zero attached hydrogens (tertiary/aromatic N) is 1. The number of alkyl carbamates (subject to hydrolysis) is 1. The Morgan fingerprint density at radius 3 is 1.97 bits per heavy atom. The predicted octanol–water partition coefficient (Wildman–Crippen LogP) is 3.38. The number of terminal acetylenes is 1. The van der Waals surface area contributed by atoms with E-state index in [1.807, 2.05) is 27.7 Å². The van der Waals surface area contributed by atoms with Gasteiger partial charge in [-0.15, -0.1) is 6.42 Å². The summed E-state index contributed by atoms with van der Waals surface area (Å²) < 4.78 is 5.25. The molecule has 1 rings (SSSR count). The van der Waals surface area contributed by atoms with Gasteiger partial charge in [0.2, 0.25) is 11.8 Å². The molecule has 0 saturated heterocycles. The minimum absolute atomic E-state index is 0.110. The first-order valence-electron chi connectivity index (χ1n) is 10.5. The van der Waals surface area contributed by atoms with Gasteiger partial charge in [-0.25, -0.2) is 4.79 Å². The summed E-state index contributed by atoms with van der Waals surface area (Å²) in [6.45, 7) is 14.1. The molecule has 7 heteroatoms. The molecule has 31 heavy (non-hydrogen) atoms. The summed E-state index contributed by atoms with van der Waals surface area (Å²) in [5, 5.41) is 5.45. The molecule has 0 aliphatic carbocycles. The van der Waals surface area contributed by atoms with Crippen LogP contribution in [-0.2, 0) is 14.3 Å². The highest BCUT2D eigenvalue weighted by Crippen LogP contribution is 2.25. The number of carbonyl (C=O) groups is 3. The summed E-state index contributed by atoms with van der Waals surface area (Å²) in [7, 11) is 0. The zero-order chi connectivity index (χ0) is 23.9. The van der Waals surface area contributed by atoms with Gasteiger partial charge in [0.1, 0.15) is 17.7 Å². The quantitative estimate of drug-likeness (QED) is 0.651. The smallest absolute Gasteiger partial charge is 0.408 e. The Morgan fingerprint density at radius 1 is 1.00 bits per heavy atom. The number of amides is 3. The Labute approximate surface area is 185 Å². The van der Waals surface area contributed by atoms with Crippen LogP contribution in [0.1, 0.15) is 72.6 Å². The first-order valence-corrected chi connectivity index (χ1v) is 10.5. The normalized spacial score (nSPS) is 13.2. The lowest BCUT2D eigenvalue weighted by Gasteiger charge is -2.36. The van der Waals surface area contributed by atoms with Crippen LogP contribution in [0.3, 0.4) is 0 Å². The Bertz CT molecular complexity index is 817. The van der Waals surface area contributed by atoms with E-state index in [0.717, 1.165) is 0 Å². The Morgan fingerprint density at radius 2 is 1.55 bits per heavy atom. The summed E-state index contributed by atoms with van der Waals surface area (Å²) in [5.74, 6) is 1.84. The van der Waals surface area contributed by atoms with Gasteiger partial charge < -0.3 is 20.3 Å². The first-order chi connectivity index (χ1) is 14.3. The van der Waals surface area contributed by atoms with Crippen LogP contribution in [0.5, 0.6) is 0 Å². The minimum atomic E-state index is -0.892. The van der Waals surface area contributed by atoms with Crippen molar-refractivity contribution >= 4 is 17.9 Å². The molecule has 0 spiro atoms. The van der Waals surface area contributed by atoms with Crippen LogP contribution in [0.2, 0.25) is 0 Å². The maximum absolute atomic E-state index is 13.4. The van der Waals surface area contributed by atoms with Crippen LogP contribution in [0.15, 0.2) is 24.3 Å². The Kier molecular flexibility index (Phi) is 9.11. The summed E-state index contributed by atoms with van der Waals surface area (Å²) in [4.78, 5) is 40.1. The zero-order valence-electron chi connectivity index (χ0n) is 19.8. The third-order valence-electron chi connectivity index (χ3n) is 4.27. The molecule has 0 fully saturated rings. The highest BCUT2D eigenvalue weighted by Gasteiger charge is 2.36.